The van der Waals surface area contributed by atoms with E-state index < -0.39 is 47.5 Å². The predicted molar refractivity (Wildman–Crippen MR) is 146 cm³/mol. The first-order chi connectivity index (χ1) is 18.3. The van der Waals surface area contributed by atoms with Crippen molar-refractivity contribution >= 4 is 29.8 Å². The first kappa shape index (κ1) is 33.4. The van der Waals surface area contributed by atoms with Crippen molar-refractivity contribution in [3.63, 3.8) is 0 Å². The lowest BCUT2D eigenvalue weighted by molar-refractivity contribution is -0.144. The van der Waals surface area contributed by atoms with Crippen molar-refractivity contribution < 1.29 is 33.4 Å². The molecule has 0 aliphatic heterocycles. The van der Waals surface area contributed by atoms with Crippen LogP contribution in [0.25, 0.3) is 0 Å². The van der Waals surface area contributed by atoms with Crippen LogP contribution in [0.1, 0.15) is 83.9 Å². The molecular formula is C28H44N4O7. The molecule has 1 aromatic carbocycles. The van der Waals surface area contributed by atoms with E-state index in [2.05, 4.69) is 10.6 Å². The normalized spacial score (nSPS) is 12.6. The van der Waals surface area contributed by atoms with Crippen molar-refractivity contribution in [2.24, 2.45) is 5.73 Å². The zero-order valence-corrected chi connectivity index (χ0v) is 24.0. The molecule has 0 bridgehead atoms. The number of nitrogens with one attached hydrogen (secondary N) is 2. The summed E-state index contributed by atoms with van der Waals surface area (Å²) >= 11 is 0. The van der Waals surface area contributed by atoms with Gasteiger partial charge in [0, 0.05) is 19.5 Å². The number of hydrogen-bond acceptors (Lipinski definition) is 7. The summed E-state index contributed by atoms with van der Waals surface area (Å²) in [6.07, 6.45) is 0.242. The van der Waals surface area contributed by atoms with Gasteiger partial charge in [0.05, 0.1) is 13.0 Å². The van der Waals surface area contributed by atoms with Crippen LogP contribution in [0.3, 0.4) is 0 Å². The van der Waals surface area contributed by atoms with Gasteiger partial charge in [-0.2, -0.15) is 0 Å². The van der Waals surface area contributed by atoms with E-state index >= 15 is 0 Å². The van der Waals surface area contributed by atoms with Gasteiger partial charge < -0.3 is 30.7 Å². The molecule has 0 aliphatic rings. The maximum Gasteiger partial charge on any atom is 0.408 e. The number of rotatable bonds is 15. The Bertz CT molecular complexity index is 990. The standard InChI is InChI=1S/C28H44N4O7/c1-7-9-18-32(26(36)21(14-15-22(29)33)31-27(37)39-28(4,5)6)24(20-13-11-10-12-19(20)3)25(35)30-17-16-23(34)38-8-2/h10-13,21,24H,7-9,14-18H2,1-6H3,(H2,29,33)(H,30,35)(H,31,37). The van der Waals surface area contributed by atoms with Gasteiger partial charge in [-0.1, -0.05) is 37.6 Å². The van der Waals surface area contributed by atoms with Crippen LogP contribution in [-0.2, 0) is 28.7 Å². The zero-order chi connectivity index (χ0) is 29.6. The minimum atomic E-state index is -1.16. The maximum absolute atomic E-state index is 14.0. The second-order valence-corrected chi connectivity index (χ2v) is 10.2. The van der Waals surface area contributed by atoms with Gasteiger partial charge in [-0.15, -0.1) is 0 Å². The molecule has 4 amide bonds. The lowest BCUT2D eigenvalue weighted by Gasteiger charge is -2.35. The smallest absolute Gasteiger partial charge is 0.408 e. The van der Waals surface area contributed by atoms with Crippen molar-refractivity contribution in [2.45, 2.75) is 91.3 Å². The highest BCUT2D eigenvalue weighted by atomic mass is 16.6. The monoisotopic (exact) mass is 548 g/mol. The molecule has 218 valence electrons. The lowest BCUT2D eigenvalue weighted by Crippen LogP contribution is -2.53. The van der Waals surface area contributed by atoms with Gasteiger partial charge >= 0.3 is 12.1 Å². The number of nitrogens with two attached hydrogens (primary N) is 1. The molecule has 0 radical (unpaired) electrons. The molecule has 1 aromatic rings. The summed E-state index contributed by atoms with van der Waals surface area (Å²) in [7, 11) is 0. The van der Waals surface area contributed by atoms with Crippen LogP contribution in [0.15, 0.2) is 24.3 Å². The van der Waals surface area contributed by atoms with Crippen LogP contribution in [0.2, 0.25) is 0 Å². The molecule has 0 heterocycles. The van der Waals surface area contributed by atoms with E-state index in [-0.39, 0.29) is 39.0 Å². The third-order valence-corrected chi connectivity index (χ3v) is 5.68. The highest BCUT2D eigenvalue weighted by Gasteiger charge is 2.36. The van der Waals surface area contributed by atoms with E-state index in [0.29, 0.717) is 12.0 Å². The lowest BCUT2D eigenvalue weighted by atomic mass is 9.97. The van der Waals surface area contributed by atoms with Gasteiger partial charge in [0.15, 0.2) is 0 Å². The number of nitrogens with zero attached hydrogens (tertiary/aromatic N) is 1. The minimum absolute atomic E-state index is 0.0234. The summed E-state index contributed by atoms with van der Waals surface area (Å²) in [6.45, 7) is 11.0. The molecule has 0 aromatic heterocycles. The molecular weight excluding hydrogens is 504 g/mol. The third kappa shape index (κ3) is 12.2. The Hall–Kier alpha value is -3.63. The van der Waals surface area contributed by atoms with E-state index in [1.807, 2.05) is 26.0 Å². The Kier molecular flexibility index (Phi) is 14.0. The predicted octanol–water partition coefficient (Wildman–Crippen LogP) is 2.89. The highest BCUT2D eigenvalue weighted by Crippen LogP contribution is 2.26. The molecule has 0 saturated heterocycles. The number of carbonyl (C=O) groups is 5. The summed E-state index contributed by atoms with van der Waals surface area (Å²) in [5, 5.41) is 5.32. The van der Waals surface area contributed by atoms with E-state index in [9.17, 15) is 24.0 Å². The van der Waals surface area contributed by atoms with Crippen molar-refractivity contribution in [3.8, 4) is 0 Å². The summed E-state index contributed by atoms with van der Waals surface area (Å²) in [4.78, 5) is 65.0. The third-order valence-electron chi connectivity index (χ3n) is 5.68. The molecule has 0 fully saturated rings. The Morgan fingerprint density at radius 1 is 1.05 bits per heavy atom. The topological polar surface area (TPSA) is 157 Å². The number of carbonyl (C=O) groups excluding carboxylic acids is 5. The Balaban J connectivity index is 3.42. The molecule has 0 aliphatic carbocycles. The number of primary amides is 1. The number of esters is 1. The second kappa shape index (κ2) is 16.4. The SMILES string of the molecule is CCCCN(C(=O)C(CCC(N)=O)NC(=O)OC(C)(C)C)C(C(=O)NCCC(=O)OCC)c1ccccc1C. The maximum atomic E-state index is 14.0. The van der Waals surface area contributed by atoms with Gasteiger partial charge in [0.25, 0.3) is 0 Å². The van der Waals surface area contributed by atoms with Crippen LogP contribution in [-0.4, -0.2) is 66.0 Å². The Morgan fingerprint density at radius 2 is 1.72 bits per heavy atom. The van der Waals surface area contributed by atoms with Gasteiger partial charge in [-0.3, -0.25) is 19.2 Å². The largest absolute Gasteiger partial charge is 0.466 e. The molecule has 11 nitrogen and oxygen atoms in total. The van der Waals surface area contributed by atoms with Crippen LogP contribution >= 0.6 is 0 Å². The van der Waals surface area contributed by atoms with Crippen LogP contribution in [0, 0.1) is 6.92 Å². The molecule has 0 saturated carbocycles. The van der Waals surface area contributed by atoms with Gasteiger partial charge in [0.1, 0.15) is 17.7 Å². The number of unbranched alkanes of at least 4 members (excludes halogenated alkanes) is 1. The fourth-order valence-electron chi connectivity index (χ4n) is 3.85. The number of aryl methyl sites for hydroxylation is 1. The number of amides is 4. The molecule has 11 heteroatoms. The van der Waals surface area contributed by atoms with E-state index in [1.54, 1.807) is 39.8 Å². The van der Waals surface area contributed by atoms with Gasteiger partial charge in [0.2, 0.25) is 17.7 Å². The Labute approximate surface area is 231 Å². The first-order valence-corrected chi connectivity index (χ1v) is 13.4. The fraction of sp³-hybridized carbons (Fsp3) is 0.607. The van der Waals surface area contributed by atoms with Crippen LogP contribution in [0.4, 0.5) is 4.79 Å². The minimum Gasteiger partial charge on any atom is -0.466 e. The van der Waals surface area contributed by atoms with Crippen molar-refractivity contribution in [1.29, 1.82) is 0 Å². The van der Waals surface area contributed by atoms with Gasteiger partial charge in [-0.05, 0) is 58.6 Å². The Morgan fingerprint density at radius 3 is 2.28 bits per heavy atom. The number of alkyl carbamates (subject to hydrolysis) is 1. The van der Waals surface area contributed by atoms with Gasteiger partial charge in [-0.25, -0.2) is 4.79 Å². The van der Waals surface area contributed by atoms with E-state index in [0.717, 1.165) is 12.0 Å². The number of benzene rings is 1. The average molecular weight is 549 g/mol. The first-order valence-electron chi connectivity index (χ1n) is 13.4. The fourth-order valence-corrected chi connectivity index (χ4v) is 3.85. The van der Waals surface area contributed by atoms with E-state index in [4.69, 9.17) is 15.2 Å². The molecule has 0 spiro atoms. The van der Waals surface area contributed by atoms with Crippen molar-refractivity contribution in [2.75, 3.05) is 19.7 Å². The number of ether oxygens (including phenoxy) is 2. The van der Waals surface area contributed by atoms with Crippen molar-refractivity contribution in [1.82, 2.24) is 15.5 Å². The molecule has 4 N–H and O–H groups in total. The summed E-state index contributed by atoms with van der Waals surface area (Å²) in [5.74, 6) is -2.11. The second-order valence-electron chi connectivity index (χ2n) is 10.2. The molecule has 2 atom stereocenters. The molecule has 1 rings (SSSR count). The quantitative estimate of drug-likeness (QED) is 0.284. The summed E-state index contributed by atoms with van der Waals surface area (Å²) in [6, 6.07) is 4.98. The van der Waals surface area contributed by atoms with Crippen LogP contribution in [0.5, 0.6) is 0 Å². The van der Waals surface area contributed by atoms with E-state index in [1.165, 1.54) is 4.90 Å². The summed E-state index contributed by atoms with van der Waals surface area (Å²) < 4.78 is 10.3. The zero-order valence-electron chi connectivity index (χ0n) is 24.0. The average Bonchev–Trinajstić information content (AvgIpc) is 2.83. The summed E-state index contributed by atoms with van der Waals surface area (Å²) in [5.41, 5.74) is 5.91. The van der Waals surface area contributed by atoms with Crippen molar-refractivity contribution in [3.05, 3.63) is 35.4 Å². The molecule has 39 heavy (non-hydrogen) atoms. The highest BCUT2D eigenvalue weighted by molar-refractivity contribution is 5.92. The van der Waals surface area contributed by atoms with Crippen LogP contribution < -0.4 is 16.4 Å². The molecule has 2 unspecified atom stereocenters. The number of hydrogen-bond donors (Lipinski definition) is 3.